The third-order valence-electron chi connectivity index (χ3n) is 9.03. The van der Waals surface area contributed by atoms with E-state index in [4.69, 9.17) is 0 Å². The van der Waals surface area contributed by atoms with Gasteiger partial charge in [-0.15, -0.1) is 0 Å². The second-order valence-electron chi connectivity index (χ2n) is 12.9. The number of nitrogens with zero attached hydrogens (tertiary/aromatic N) is 4. The predicted molar refractivity (Wildman–Crippen MR) is 160 cm³/mol. The summed E-state index contributed by atoms with van der Waals surface area (Å²) in [4.78, 5) is 39.5. The van der Waals surface area contributed by atoms with Gasteiger partial charge in [-0.05, 0) is 88.4 Å². The molecule has 1 atom stereocenters. The second-order valence-corrected chi connectivity index (χ2v) is 12.9. The van der Waals surface area contributed by atoms with Gasteiger partial charge in [0.25, 0.3) is 5.91 Å². The van der Waals surface area contributed by atoms with Crippen LogP contribution in [0.5, 0.6) is 0 Å². The molecule has 4 rings (SSSR count). The standard InChI is InChI=1S/C33H49N5O2/c1-7-23(2)36-31(39)26-14-18-37(19-15-26)28-16-20-38(21-17-28)32(40)30-24(3)29(34-22-35-30)13-10-25-8-11-27(12-9-25)33(4,5)6/h8-9,11-12,22-23,26,28H,7,10,13-21H2,1-6H3,(H,36,39). The van der Waals surface area contributed by atoms with Crippen molar-refractivity contribution in [2.24, 2.45) is 5.92 Å². The first kappa shape index (κ1) is 30.2. The quantitative estimate of drug-likeness (QED) is 0.498. The third-order valence-corrected chi connectivity index (χ3v) is 9.03. The molecule has 0 radical (unpaired) electrons. The van der Waals surface area contributed by atoms with Gasteiger partial charge in [-0.3, -0.25) is 9.59 Å². The van der Waals surface area contributed by atoms with Crippen molar-refractivity contribution in [1.82, 2.24) is 25.1 Å². The Labute approximate surface area is 241 Å². The average molecular weight is 548 g/mol. The fourth-order valence-electron chi connectivity index (χ4n) is 5.96. The molecule has 2 aromatic rings. The normalized spacial score (nSPS) is 18.5. The summed E-state index contributed by atoms with van der Waals surface area (Å²) in [5, 5.41) is 3.15. The summed E-state index contributed by atoms with van der Waals surface area (Å²) in [6, 6.07) is 9.57. The molecule has 7 nitrogen and oxygen atoms in total. The Morgan fingerprint density at radius 1 is 0.975 bits per heavy atom. The number of carbonyl (C=O) groups is 2. The van der Waals surface area contributed by atoms with E-state index in [1.807, 2.05) is 11.8 Å². The minimum Gasteiger partial charge on any atom is -0.353 e. The molecule has 0 spiro atoms. The molecule has 2 amide bonds. The van der Waals surface area contributed by atoms with Crippen LogP contribution in [0.3, 0.4) is 0 Å². The number of hydrogen-bond acceptors (Lipinski definition) is 5. The van der Waals surface area contributed by atoms with Gasteiger partial charge in [0.1, 0.15) is 12.0 Å². The zero-order valence-electron chi connectivity index (χ0n) is 25.5. The molecule has 0 aliphatic carbocycles. The van der Waals surface area contributed by atoms with Gasteiger partial charge in [-0.25, -0.2) is 9.97 Å². The number of aryl methyl sites for hydroxylation is 2. The second kappa shape index (κ2) is 13.2. The molecule has 2 aliphatic heterocycles. The van der Waals surface area contributed by atoms with Crippen LogP contribution in [0.4, 0.5) is 0 Å². The smallest absolute Gasteiger partial charge is 0.272 e. The molecule has 2 aliphatic rings. The highest BCUT2D eigenvalue weighted by atomic mass is 16.2. The van der Waals surface area contributed by atoms with Gasteiger partial charge >= 0.3 is 0 Å². The minimum atomic E-state index is 0.0227. The van der Waals surface area contributed by atoms with Crippen LogP contribution in [0.25, 0.3) is 0 Å². The maximum absolute atomic E-state index is 13.5. The molecule has 1 unspecified atom stereocenters. The van der Waals surface area contributed by atoms with Crippen LogP contribution < -0.4 is 5.32 Å². The van der Waals surface area contributed by atoms with Crippen LogP contribution in [-0.4, -0.2) is 69.8 Å². The SMILES string of the molecule is CCC(C)NC(=O)C1CCN(C2CCN(C(=O)c3ncnc(CCc4ccc(C(C)(C)C)cc4)c3C)CC2)CC1. The lowest BCUT2D eigenvalue weighted by atomic mass is 9.86. The van der Waals surface area contributed by atoms with Crippen molar-refractivity contribution in [2.75, 3.05) is 26.2 Å². The highest BCUT2D eigenvalue weighted by Crippen LogP contribution is 2.26. The molecule has 2 fully saturated rings. The number of amides is 2. The summed E-state index contributed by atoms with van der Waals surface area (Å²) in [6.07, 6.45) is 7.97. The topological polar surface area (TPSA) is 78.4 Å². The molecule has 0 bridgehead atoms. The van der Waals surface area contributed by atoms with Crippen molar-refractivity contribution >= 4 is 11.8 Å². The van der Waals surface area contributed by atoms with Gasteiger partial charge in [-0.1, -0.05) is 52.0 Å². The average Bonchev–Trinajstić information content (AvgIpc) is 2.96. The first-order chi connectivity index (χ1) is 19.1. The molecule has 1 aromatic heterocycles. The summed E-state index contributed by atoms with van der Waals surface area (Å²) in [5.74, 6) is 0.367. The van der Waals surface area contributed by atoms with Crippen molar-refractivity contribution in [3.8, 4) is 0 Å². The zero-order chi connectivity index (χ0) is 28.9. The van der Waals surface area contributed by atoms with Gasteiger partial charge in [0.2, 0.25) is 5.91 Å². The van der Waals surface area contributed by atoms with Crippen molar-refractivity contribution in [1.29, 1.82) is 0 Å². The molecule has 2 saturated heterocycles. The van der Waals surface area contributed by atoms with Crippen molar-refractivity contribution < 1.29 is 9.59 Å². The maximum Gasteiger partial charge on any atom is 0.272 e. The molecule has 3 heterocycles. The first-order valence-electron chi connectivity index (χ1n) is 15.3. The van der Waals surface area contributed by atoms with Gasteiger partial charge in [0, 0.05) is 42.3 Å². The molecule has 7 heteroatoms. The van der Waals surface area contributed by atoms with Crippen LogP contribution in [0, 0.1) is 12.8 Å². The third kappa shape index (κ3) is 7.48. The number of carbonyl (C=O) groups excluding carboxylic acids is 2. The van der Waals surface area contributed by atoms with E-state index in [9.17, 15) is 9.59 Å². The van der Waals surface area contributed by atoms with E-state index in [2.05, 4.69) is 79.1 Å². The van der Waals surface area contributed by atoms with E-state index in [0.29, 0.717) is 11.7 Å². The molecule has 1 N–H and O–H groups in total. The maximum atomic E-state index is 13.5. The molecular weight excluding hydrogens is 498 g/mol. The Kier molecular flexibility index (Phi) is 9.99. The number of rotatable bonds is 8. The summed E-state index contributed by atoms with van der Waals surface area (Å²) >= 11 is 0. The van der Waals surface area contributed by atoms with E-state index in [0.717, 1.165) is 82.4 Å². The monoisotopic (exact) mass is 547 g/mol. The van der Waals surface area contributed by atoms with Gasteiger partial charge < -0.3 is 15.1 Å². The van der Waals surface area contributed by atoms with Crippen LogP contribution in [0.15, 0.2) is 30.6 Å². The highest BCUT2D eigenvalue weighted by molar-refractivity contribution is 5.93. The van der Waals surface area contributed by atoms with Crippen LogP contribution >= 0.6 is 0 Å². The fourth-order valence-corrected chi connectivity index (χ4v) is 5.96. The zero-order valence-corrected chi connectivity index (χ0v) is 25.5. The van der Waals surface area contributed by atoms with Crippen molar-refractivity contribution in [3.63, 3.8) is 0 Å². The van der Waals surface area contributed by atoms with Gasteiger partial charge in [0.05, 0.1) is 0 Å². The Balaban J connectivity index is 1.27. The molecular formula is C33H49N5O2. The van der Waals surface area contributed by atoms with Crippen molar-refractivity contribution in [3.05, 3.63) is 58.7 Å². The Bertz CT molecular complexity index is 1140. The van der Waals surface area contributed by atoms with E-state index < -0.39 is 0 Å². The Morgan fingerprint density at radius 3 is 2.23 bits per heavy atom. The highest BCUT2D eigenvalue weighted by Gasteiger charge is 2.32. The number of aromatic nitrogens is 2. The molecule has 1 aromatic carbocycles. The lowest BCUT2D eigenvalue weighted by molar-refractivity contribution is -0.127. The molecule has 40 heavy (non-hydrogen) atoms. The summed E-state index contributed by atoms with van der Waals surface area (Å²) in [5.41, 5.74) is 5.15. The summed E-state index contributed by atoms with van der Waals surface area (Å²) < 4.78 is 0. The largest absolute Gasteiger partial charge is 0.353 e. The van der Waals surface area contributed by atoms with Crippen molar-refractivity contribution in [2.45, 2.75) is 104 Å². The minimum absolute atomic E-state index is 0.0227. The van der Waals surface area contributed by atoms with E-state index in [1.54, 1.807) is 6.33 Å². The first-order valence-corrected chi connectivity index (χ1v) is 15.3. The van der Waals surface area contributed by atoms with Crippen LogP contribution in [0.2, 0.25) is 0 Å². The van der Waals surface area contributed by atoms with E-state index >= 15 is 0 Å². The fraction of sp³-hybridized carbons (Fsp3) is 0.636. The number of benzene rings is 1. The lowest BCUT2D eigenvalue weighted by Crippen LogP contribution is -2.50. The number of hydrogen-bond donors (Lipinski definition) is 1. The predicted octanol–water partition coefficient (Wildman–Crippen LogP) is 5.10. The lowest BCUT2D eigenvalue weighted by Gasteiger charge is -2.41. The van der Waals surface area contributed by atoms with Gasteiger partial charge in [0.15, 0.2) is 0 Å². The van der Waals surface area contributed by atoms with Gasteiger partial charge in [-0.2, -0.15) is 0 Å². The number of likely N-dealkylation sites (tertiary alicyclic amines) is 2. The Hall–Kier alpha value is -2.80. The van der Waals surface area contributed by atoms with E-state index in [1.165, 1.54) is 11.1 Å². The summed E-state index contributed by atoms with van der Waals surface area (Å²) in [6.45, 7) is 16.3. The van der Waals surface area contributed by atoms with Crippen LogP contribution in [-0.2, 0) is 23.1 Å². The Morgan fingerprint density at radius 2 is 1.62 bits per heavy atom. The number of piperidine rings is 2. The van der Waals surface area contributed by atoms with E-state index in [-0.39, 0.29) is 29.2 Å². The molecule has 0 saturated carbocycles. The number of nitrogens with one attached hydrogen (secondary N) is 1. The van der Waals surface area contributed by atoms with Crippen LogP contribution in [0.1, 0.15) is 99.6 Å². The molecule has 218 valence electrons. The summed E-state index contributed by atoms with van der Waals surface area (Å²) in [7, 11) is 0.